The zero-order valence-electron chi connectivity index (χ0n) is 16.8. The van der Waals surface area contributed by atoms with Crippen LogP contribution in [0.15, 0.2) is 59.8 Å². The van der Waals surface area contributed by atoms with E-state index < -0.39 is 20.5 Å². The van der Waals surface area contributed by atoms with E-state index in [4.69, 9.17) is 4.74 Å². The van der Waals surface area contributed by atoms with Gasteiger partial charge < -0.3 is 4.74 Å². The van der Waals surface area contributed by atoms with Crippen molar-refractivity contribution < 1.29 is 17.9 Å². The molecular weight excluding hydrogens is 402 g/mol. The molecule has 7 nitrogen and oxygen atoms in total. The molecule has 1 saturated carbocycles. The van der Waals surface area contributed by atoms with Crippen LogP contribution in [0, 0.1) is 5.41 Å². The highest BCUT2D eigenvalue weighted by molar-refractivity contribution is 7.92. The average Bonchev–Trinajstić information content (AvgIpc) is 3.36. The number of H-pyrrole nitrogens is 1. The van der Waals surface area contributed by atoms with E-state index in [1.807, 2.05) is 12.1 Å². The number of benzene rings is 1. The Hall–Kier alpha value is -3.00. The third-order valence-electron chi connectivity index (χ3n) is 5.51. The Kier molecular flexibility index (Phi) is 5.19. The SMILES string of the molecule is CC1(C)CCC(S(=O)(=O)c2cccc(COc3ccc(-c4ccn[nH]4)nc3)c2)C1=O. The smallest absolute Gasteiger partial charge is 0.188 e. The number of hydrogen-bond acceptors (Lipinski definition) is 6. The van der Waals surface area contributed by atoms with Gasteiger partial charge in [0.15, 0.2) is 15.6 Å². The lowest BCUT2D eigenvalue weighted by molar-refractivity contribution is -0.123. The Labute approximate surface area is 175 Å². The van der Waals surface area contributed by atoms with Gasteiger partial charge in [-0.1, -0.05) is 26.0 Å². The number of Topliss-reactive ketones (excluding diaryl/α,β-unsaturated/α-hetero) is 1. The number of carbonyl (C=O) groups is 1. The number of aromatic amines is 1. The number of nitrogens with one attached hydrogen (secondary N) is 1. The van der Waals surface area contributed by atoms with Crippen molar-refractivity contribution in [2.24, 2.45) is 5.41 Å². The predicted molar refractivity (Wildman–Crippen MR) is 112 cm³/mol. The molecule has 1 aliphatic carbocycles. The fraction of sp³-hybridized carbons (Fsp3) is 0.318. The van der Waals surface area contributed by atoms with Crippen LogP contribution in [0.25, 0.3) is 11.4 Å². The lowest BCUT2D eigenvalue weighted by Crippen LogP contribution is -2.31. The van der Waals surface area contributed by atoms with Gasteiger partial charge in [0.1, 0.15) is 17.6 Å². The first-order valence-electron chi connectivity index (χ1n) is 9.73. The second kappa shape index (κ2) is 7.68. The van der Waals surface area contributed by atoms with Crippen LogP contribution < -0.4 is 4.74 Å². The summed E-state index contributed by atoms with van der Waals surface area (Å²) in [5, 5.41) is 5.78. The third-order valence-corrected chi connectivity index (χ3v) is 7.62. The van der Waals surface area contributed by atoms with Crippen molar-refractivity contribution in [1.82, 2.24) is 15.2 Å². The quantitative estimate of drug-likeness (QED) is 0.648. The van der Waals surface area contributed by atoms with Crippen LogP contribution in [0.2, 0.25) is 0 Å². The van der Waals surface area contributed by atoms with Gasteiger partial charge in [0.05, 0.1) is 22.5 Å². The molecule has 0 aliphatic heterocycles. The summed E-state index contributed by atoms with van der Waals surface area (Å²) in [6.07, 6.45) is 4.21. The van der Waals surface area contributed by atoms with Crippen LogP contribution in [0.3, 0.4) is 0 Å². The zero-order chi connectivity index (χ0) is 21.4. The highest BCUT2D eigenvalue weighted by atomic mass is 32.2. The average molecular weight is 426 g/mol. The molecular formula is C22H23N3O4S. The Balaban J connectivity index is 1.47. The first-order chi connectivity index (χ1) is 14.3. The largest absolute Gasteiger partial charge is 0.487 e. The summed E-state index contributed by atoms with van der Waals surface area (Å²) < 4.78 is 31.8. The monoisotopic (exact) mass is 425 g/mol. The summed E-state index contributed by atoms with van der Waals surface area (Å²) in [4.78, 5) is 17.0. The van der Waals surface area contributed by atoms with Crippen LogP contribution in [-0.4, -0.2) is 34.6 Å². The van der Waals surface area contributed by atoms with E-state index in [1.165, 1.54) is 6.07 Å². The maximum Gasteiger partial charge on any atom is 0.188 e. The van der Waals surface area contributed by atoms with Crippen LogP contribution in [0.4, 0.5) is 0 Å². The molecule has 3 aromatic rings. The number of carbonyl (C=O) groups excluding carboxylic acids is 1. The summed E-state index contributed by atoms with van der Waals surface area (Å²) in [5.74, 6) is 0.367. The van der Waals surface area contributed by atoms with Crippen molar-refractivity contribution >= 4 is 15.6 Å². The number of rotatable bonds is 6. The van der Waals surface area contributed by atoms with E-state index in [0.717, 1.165) is 11.4 Å². The molecule has 4 rings (SSSR count). The summed E-state index contributed by atoms with van der Waals surface area (Å²) >= 11 is 0. The number of aromatic nitrogens is 3. The van der Waals surface area contributed by atoms with Gasteiger partial charge in [0.25, 0.3) is 0 Å². The molecule has 2 aromatic heterocycles. The first kappa shape index (κ1) is 20.3. The zero-order valence-corrected chi connectivity index (χ0v) is 17.6. The lowest BCUT2D eigenvalue weighted by atomic mass is 9.91. The second-order valence-corrected chi connectivity index (χ2v) is 10.2. The minimum atomic E-state index is -3.72. The molecule has 1 aliphatic rings. The summed E-state index contributed by atoms with van der Waals surface area (Å²) in [5.41, 5.74) is 1.67. The molecule has 0 bridgehead atoms. The number of sulfone groups is 1. The Bertz CT molecular complexity index is 1150. The van der Waals surface area contributed by atoms with Gasteiger partial charge in [-0.25, -0.2) is 8.42 Å². The van der Waals surface area contributed by atoms with E-state index in [9.17, 15) is 13.2 Å². The molecule has 0 saturated heterocycles. The molecule has 1 unspecified atom stereocenters. The highest BCUT2D eigenvalue weighted by Crippen LogP contribution is 2.39. The van der Waals surface area contributed by atoms with Crippen LogP contribution in [-0.2, 0) is 21.2 Å². The third kappa shape index (κ3) is 3.87. The summed E-state index contributed by atoms with van der Waals surface area (Å²) in [6.45, 7) is 3.81. The molecule has 30 heavy (non-hydrogen) atoms. The minimum Gasteiger partial charge on any atom is -0.487 e. The molecule has 0 spiro atoms. The van der Waals surface area contributed by atoms with Crippen molar-refractivity contribution in [3.05, 3.63) is 60.4 Å². The standard InChI is InChI=1S/C22H23N3O4S/c1-22(2)10-8-20(21(22)26)30(27,28)17-5-3-4-15(12-17)14-29-16-6-7-18(23-13-16)19-9-11-24-25-19/h3-7,9,11-13,20H,8,10,14H2,1-2H3,(H,24,25). The number of pyridine rings is 1. The van der Waals surface area contributed by atoms with Gasteiger partial charge in [-0.3, -0.25) is 14.9 Å². The molecule has 1 atom stereocenters. The number of nitrogens with zero attached hydrogens (tertiary/aromatic N) is 2. The summed E-state index contributed by atoms with van der Waals surface area (Å²) in [7, 11) is -3.72. The van der Waals surface area contributed by atoms with Gasteiger partial charge in [-0.2, -0.15) is 5.10 Å². The molecule has 1 N–H and O–H groups in total. The van der Waals surface area contributed by atoms with E-state index >= 15 is 0 Å². The van der Waals surface area contributed by atoms with Crippen molar-refractivity contribution in [3.63, 3.8) is 0 Å². The van der Waals surface area contributed by atoms with Crippen molar-refractivity contribution in [2.45, 2.75) is 43.4 Å². The van der Waals surface area contributed by atoms with Gasteiger partial charge >= 0.3 is 0 Å². The predicted octanol–water partition coefficient (Wildman–Crippen LogP) is 3.58. The molecule has 156 valence electrons. The molecule has 1 aromatic carbocycles. The number of ether oxygens (including phenoxy) is 1. The normalized spacial score (nSPS) is 18.5. The van der Waals surface area contributed by atoms with E-state index in [1.54, 1.807) is 50.5 Å². The van der Waals surface area contributed by atoms with Gasteiger partial charge in [0.2, 0.25) is 0 Å². The van der Waals surface area contributed by atoms with E-state index in [0.29, 0.717) is 24.2 Å². The number of hydrogen-bond donors (Lipinski definition) is 1. The summed E-state index contributed by atoms with van der Waals surface area (Å²) in [6, 6.07) is 12.0. The maximum absolute atomic E-state index is 13.0. The fourth-order valence-corrected chi connectivity index (χ4v) is 5.59. The van der Waals surface area contributed by atoms with Crippen LogP contribution in [0.5, 0.6) is 5.75 Å². The molecule has 0 radical (unpaired) electrons. The molecule has 8 heteroatoms. The second-order valence-electron chi connectivity index (χ2n) is 8.11. The molecule has 1 fully saturated rings. The topological polar surface area (TPSA) is 102 Å². The Morgan fingerprint density at radius 2 is 2.03 bits per heavy atom. The Morgan fingerprint density at radius 3 is 2.67 bits per heavy atom. The van der Waals surface area contributed by atoms with Gasteiger partial charge in [-0.15, -0.1) is 0 Å². The molecule has 0 amide bonds. The van der Waals surface area contributed by atoms with E-state index in [-0.39, 0.29) is 17.3 Å². The lowest BCUT2D eigenvalue weighted by Gasteiger charge is -2.16. The van der Waals surface area contributed by atoms with Gasteiger partial charge in [-0.05, 0) is 48.7 Å². The van der Waals surface area contributed by atoms with Crippen molar-refractivity contribution in [2.75, 3.05) is 0 Å². The minimum absolute atomic E-state index is 0.160. The van der Waals surface area contributed by atoms with Crippen molar-refractivity contribution in [3.8, 4) is 17.1 Å². The van der Waals surface area contributed by atoms with Crippen LogP contribution >= 0.6 is 0 Å². The van der Waals surface area contributed by atoms with Gasteiger partial charge in [0, 0.05) is 11.6 Å². The number of ketones is 1. The fourth-order valence-electron chi connectivity index (χ4n) is 3.64. The Morgan fingerprint density at radius 1 is 1.20 bits per heavy atom. The maximum atomic E-state index is 13.0. The van der Waals surface area contributed by atoms with Crippen molar-refractivity contribution in [1.29, 1.82) is 0 Å². The molecule has 2 heterocycles. The first-order valence-corrected chi connectivity index (χ1v) is 11.3. The van der Waals surface area contributed by atoms with Crippen LogP contribution in [0.1, 0.15) is 32.3 Å². The van der Waals surface area contributed by atoms with E-state index in [2.05, 4.69) is 15.2 Å². The highest BCUT2D eigenvalue weighted by Gasteiger charge is 2.47.